The van der Waals surface area contributed by atoms with Gasteiger partial charge in [0.1, 0.15) is 29.7 Å². The van der Waals surface area contributed by atoms with Gasteiger partial charge in [-0.15, -0.1) is 13.2 Å². The van der Waals surface area contributed by atoms with Gasteiger partial charge in [0, 0.05) is 26.2 Å². The first-order valence-electron chi connectivity index (χ1n) is 14.8. The van der Waals surface area contributed by atoms with E-state index in [1.54, 1.807) is 4.90 Å². The Bertz CT molecular complexity index is 1690. The highest BCUT2D eigenvalue weighted by molar-refractivity contribution is 7.89. The number of carbonyl (C=O) groups excluding carboxylic acids is 1. The molecule has 1 atom stereocenters. The van der Waals surface area contributed by atoms with Gasteiger partial charge in [-0.2, -0.15) is 4.31 Å². The first-order valence-corrected chi connectivity index (χ1v) is 16.3. The summed E-state index contributed by atoms with van der Waals surface area (Å²) in [6, 6.07) is 11.8. The van der Waals surface area contributed by atoms with Crippen molar-refractivity contribution < 1.29 is 31.1 Å². The molecule has 2 aromatic carbocycles. The van der Waals surface area contributed by atoms with Crippen molar-refractivity contribution in [2.24, 2.45) is 0 Å². The molecule has 1 N–H and O–H groups in total. The number of benzene rings is 2. The summed E-state index contributed by atoms with van der Waals surface area (Å²) in [6.07, 6.45) is 2.71. The summed E-state index contributed by atoms with van der Waals surface area (Å²) in [5.74, 6) is 0.759. The SMILES string of the molecule is CC.CNCc1ccc(C2CC2)cc1.O=C[C@H]1CN(c2cnc3cncnc3n2)CCN1S(=O)(=O)c1ccc(OC(F)(F)F)cc1. The maximum atomic E-state index is 13.0. The van der Waals surface area contributed by atoms with Crippen molar-refractivity contribution in [3.63, 3.8) is 0 Å². The van der Waals surface area contributed by atoms with Gasteiger partial charge in [-0.05, 0) is 61.2 Å². The molecule has 1 aliphatic heterocycles. The van der Waals surface area contributed by atoms with Crippen molar-refractivity contribution in [3.05, 3.63) is 78.4 Å². The van der Waals surface area contributed by atoms with Crippen molar-refractivity contribution in [2.75, 3.05) is 31.6 Å². The molecule has 0 unspecified atom stereocenters. The number of hydrogen-bond acceptors (Lipinski definition) is 10. The summed E-state index contributed by atoms with van der Waals surface area (Å²) < 4.78 is 67.7. The number of aldehydes is 1. The molecule has 6 rings (SSSR count). The first-order chi connectivity index (χ1) is 22.1. The lowest BCUT2D eigenvalue weighted by atomic mass is 10.1. The molecule has 1 saturated carbocycles. The van der Waals surface area contributed by atoms with Crippen LogP contribution in [0.2, 0.25) is 0 Å². The number of nitrogens with zero attached hydrogens (tertiary/aromatic N) is 6. The van der Waals surface area contributed by atoms with E-state index in [0.717, 1.165) is 41.0 Å². The number of sulfonamides is 1. The Morgan fingerprint density at radius 3 is 2.30 bits per heavy atom. The van der Waals surface area contributed by atoms with E-state index in [1.807, 2.05) is 20.9 Å². The zero-order valence-electron chi connectivity index (χ0n) is 25.7. The number of rotatable bonds is 8. The standard InChI is InChI=1S/C18H15F3N6O4S.C11H15N.C2H6/c19-18(20,21)31-13-1-3-14(4-2-13)32(29,30)27-6-5-26(9-12(27)10-28)16-8-23-15-7-22-11-24-17(15)25-16;1-12-8-9-2-4-10(5-3-9)11-6-7-11;1-2/h1-4,7-8,10-12H,5-6,9H2;2-5,11-12H,6-8H2,1H3;1-2H3/t12-;;/m1../s1. The lowest BCUT2D eigenvalue weighted by Crippen LogP contribution is -2.56. The largest absolute Gasteiger partial charge is 0.573 e. The van der Waals surface area contributed by atoms with Gasteiger partial charge in [0.05, 0.1) is 23.3 Å². The highest BCUT2D eigenvalue weighted by atomic mass is 32.2. The number of fused-ring (bicyclic) bond motifs is 1. The zero-order valence-corrected chi connectivity index (χ0v) is 26.5. The maximum Gasteiger partial charge on any atom is 0.573 e. The highest BCUT2D eigenvalue weighted by Gasteiger charge is 2.37. The summed E-state index contributed by atoms with van der Waals surface area (Å²) in [7, 11) is -2.16. The van der Waals surface area contributed by atoms with Crippen LogP contribution in [0.4, 0.5) is 19.0 Å². The van der Waals surface area contributed by atoms with Gasteiger partial charge >= 0.3 is 6.36 Å². The molecule has 2 aliphatic rings. The molecule has 15 heteroatoms. The molecule has 0 amide bonds. The number of halogens is 3. The predicted molar refractivity (Wildman–Crippen MR) is 167 cm³/mol. The second-order valence-electron chi connectivity index (χ2n) is 10.3. The maximum absolute atomic E-state index is 13.0. The van der Waals surface area contributed by atoms with Crippen LogP contribution in [0, 0.1) is 0 Å². The molecule has 1 saturated heterocycles. The number of ether oxygens (including phenoxy) is 1. The highest BCUT2D eigenvalue weighted by Crippen LogP contribution is 2.39. The Hall–Kier alpha value is -4.21. The van der Waals surface area contributed by atoms with Crippen LogP contribution in [0.5, 0.6) is 5.75 Å². The summed E-state index contributed by atoms with van der Waals surface area (Å²) >= 11 is 0. The Morgan fingerprint density at radius 2 is 1.70 bits per heavy atom. The molecule has 4 aromatic rings. The van der Waals surface area contributed by atoms with E-state index in [4.69, 9.17) is 0 Å². The van der Waals surface area contributed by atoms with Crippen molar-refractivity contribution in [1.82, 2.24) is 29.6 Å². The monoisotopic (exact) mass is 659 g/mol. The van der Waals surface area contributed by atoms with Crippen molar-refractivity contribution in [2.45, 2.75) is 56.5 Å². The van der Waals surface area contributed by atoms with Crippen LogP contribution in [0.1, 0.15) is 43.7 Å². The molecule has 2 aromatic heterocycles. The quantitative estimate of drug-likeness (QED) is 0.266. The van der Waals surface area contributed by atoms with Crippen LogP contribution >= 0.6 is 0 Å². The molecule has 0 radical (unpaired) electrons. The van der Waals surface area contributed by atoms with E-state index in [-0.39, 0.29) is 24.5 Å². The van der Waals surface area contributed by atoms with Crippen molar-refractivity contribution >= 4 is 33.3 Å². The van der Waals surface area contributed by atoms with Gasteiger partial charge in [0.15, 0.2) is 5.65 Å². The fourth-order valence-electron chi connectivity index (χ4n) is 4.80. The number of nitrogens with one attached hydrogen (secondary N) is 1. The normalized spacial score (nSPS) is 16.9. The number of anilines is 1. The van der Waals surface area contributed by atoms with E-state index in [1.165, 1.54) is 42.7 Å². The minimum absolute atomic E-state index is 0.0171. The topological polar surface area (TPSA) is 131 Å². The number of piperazine rings is 1. The third-order valence-electron chi connectivity index (χ3n) is 7.13. The van der Waals surface area contributed by atoms with Crippen LogP contribution in [-0.2, 0) is 21.4 Å². The first kappa shape index (κ1) is 34.7. The van der Waals surface area contributed by atoms with Crippen LogP contribution in [0.15, 0.2) is 72.1 Å². The second kappa shape index (κ2) is 15.4. The molecule has 246 valence electrons. The van der Waals surface area contributed by atoms with Crippen LogP contribution in [-0.4, -0.2) is 78.0 Å². The van der Waals surface area contributed by atoms with Gasteiger partial charge in [-0.3, -0.25) is 0 Å². The minimum atomic E-state index is -4.89. The fourth-order valence-corrected chi connectivity index (χ4v) is 6.34. The molecule has 3 heterocycles. The third kappa shape index (κ3) is 8.95. The van der Waals surface area contributed by atoms with E-state index in [9.17, 15) is 26.4 Å². The average molecular weight is 660 g/mol. The Balaban J connectivity index is 0.000000285. The molecule has 1 aliphatic carbocycles. The minimum Gasteiger partial charge on any atom is -0.406 e. The average Bonchev–Trinajstić information content (AvgIpc) is 3.91. The summed E-state index contributed by atoms with van der Waals surface area (Å²) in [5.41, 5.74) is 3.75. The van der Waals surface area contributed by atoms with Gasteiger partial charge in [0.25, 0.3) is 0 Å². The Kier molecular flexibility index (Phi) is 11.6. The van der Waals surface area contributed by atoms with Gasteiger partial charge in [-0.25, -0.2) is 28.4 Å². The number of hydrogen-bond donors (Lipinski definition) is 1. The van der Waals surface area contributed by atoms with E-state index < -0.39 is 28.2 Å². The van der Waals surface area contributed by atoms with Crippen LogP contribution in [0.3, 0.4) is 0 Å². The second-order valence-corrected chi connectivity index (χ2v) is 12.2. The van der Waals surface area contributed by atoms with Gasteiger partial charge < -0.3 is 19.7 Å². The van der Waals surface area contributed by atoms with E-state index in [0.29, 0.717) is 23.3 Å². The number of aromatic nitrogens is 4. The smallest absolute Gasteiger partial charge is 0.406 e. The summed E-state index contributed by atoms with van der Waals surface area (Å²) in [4.78, 5) is 29.6. The lowest BCUT2D eigenvalue weighted by Gasteiger charge is -2.38. The predicted octanol–water partition coefficient (Wildman–Crippen LogP) is 4.71. The number of carbonyl (C=O) groups is 1. The van der Waals surface area contributed by atoms with Crippen LogP contribution < -0.4 is 15.0 Å². The molecule has 0 spiro atoms. The third-order valence-corrected chi connectivity index (χ3v) is 9.07. The Labute approximate surface area is 265 Å². The molecule has 11 nitrogen and oxygen atoms in total. The van der Waals surface area contributed by atoms with Gasteiger partial charge in [-0.1, -0.05) is 38.1 Å². The lowest BCUT2D eigenvalue weighted by molar-refractivity contribution is -0.274. The van der Waals surface area contributed by atoms with Gasteiger partial charge in [0.2, 0.25) is 10.0 Å². The molecular formula is C31H36F3N7O4S. The number of alkyl halides is 3. The summed E-state index contributed by atoms with van der Waals surface area (Å²) in [6.45, 7) is 5.16. The zero-order chi connectivity index (χ0) is 33.3. The molecule has 0 bridgehead atoms. The molecule has 46 heavy (non-hydrogen) atoms. The fraction of sp³-hybridized carbons (Fsp3) is 0.387. The van der Waals surface area contributed by atoms with Crippen molar-refractivity contribution in [1.29, 1.82) is 0 Å². The van der Waals surface area contributed by atoms with E-state index in [2.05, 4.69) is 54.3 Å². The molecule has 2 fully saturated rings. The van der Waals surface area contributed by atoms with Crippen molar-refractivity contribution in [3.8, 4) is 5.75 Å². The van der Waals surface area contributed by atoms with E-state index >= 15 is 0 Å². The van der Waals surface area contributed by atoms with Crippen LogP contribution in [0.25, 0.3) is 11.2 Å². The molecular weight excluding hydrogens is 623 g/mol. The Morgan fingerprint density at radius 1 is 1.00 bits per heavy atom. The summed E-state index contributed by atoms with van der Waals surface area (Å²) in [5, 5.41) is 3.15.